The van der Waals surface area contributed by atoms with Crippen molar-refractivity contribution >= 4 is 5.91 Å². The van der Waals surface area contributed by atoms with Crippen LogP contribution in [0.4, 0.5) is 0 Å². The zero-order valence-electron chi connectivity index (χ0n) is 12.1. The number of amides is 1. The number of fused-ring (bicyclic) bond motifs is 1. The molecule has 1 saturated heterocycles. The van der Waals surface area contributed by atoms with Gasteiger partial charge in [0.25, 0.3) is 5.91 Å². The number of hydrogen-bond acceptors (Lipinski definition) is 2. The van der Waals surface area contributed by atoms with Crippen LogP contribution in [0, 0.1) is 0 Å². The Balaban J connectivity index is 1.80. The third-order valence-corrected chi connectivity index (χ3v) is 4.73. The highest BCUT2D eigenvalue weighted by atomic mass is 16.2. The van der Waals surface area contributed by atoms with Crippen LogP contribution in [-0.4, -0.2) is 29.9 Å². The Labute approximate surface area is 121 Å². The summed E-state index contributed by atoms with van der Waals surface area (Å²) < 4.78 is 0. The van der Waals surface area contributed by atoms with E-state index in [1.54, 1.807) is 0 Å². The van der Waals surface area contributed by atoms with Gasteiger partial charge >= 0.3 is 0 Å². The number of carbonyl (C=O) groups is 1. The summed E-state index contributed by atoms with van der Waals surface area (Å²) in [5.41, 5.74) is 9.37. The molecule has 1 unspecified atom stereocenters. The molecule has 3 nitrogen and oxygen atoms in total. The lowest BCUT2D eigenvalue weighted by molar-refractivity contribution is 0.0605. The first-order valence-electron chi connectivity index (χ1n) is 7.92. The summed E-state index contributed by atoms with van der Waals surface area (Å²) in [6.07, 6.45) is 7.90. The molecule has 1 fully saturated rings. The number of nitrogens with two attached hydrogens (primary N) is 1. The molecule has 1 atom stereocenters. The van der Waals surface area contributed by atoms with Crippen molar-refractivity contribution < 1.29 is 4.79 Å². The molecule has 3 heteroatoms. The molecule has 1 aliphatic carbocycles. The number of likely N-dealkylation sites (tertiary alicyclic amines) is 1. The summed E-state index contributed by atoms with van der Waals surface area (Å²) in [5, 5.41) is 0. The summed E-state index contributed by atoms with van der Waals surface area (Å²) >= 11 is 0. The summed E-state index contributed by atoms with van der Waals surface area (Å²) in [6.45, 7) is 1.55. The van der Waals surface area contributed by atoms with E-state index < -0.39 is 0 Å². The molecule has 1 aromatic carbocycles. The minimum atomic E-state index is 0.206. The number of carbonyl (C=O) groups excluding carboxylic acids is 1. The van der Waals surface area contributed by atoms with Crippen LogP contribution >= 0.6 is 0 Å². The Morgan fingerprint density at radius 2 is 2.05 bits per heavy atom. The lowest BCUT2D eigenvalue weighted by atomic mass is 9.97. The molecule has 108 valence electrons. The smallest absolute Gasteiger partial charge is 0.254 e. The van der Waals surface area contributed by atoms with E-state index in [-0.39, 0.29) is 5.91 Å². The number of rotatable bonds is 3. The van der Waals surface area contributed by atoms with E-state index in [0.29, 0.717) is 12.6 Å². The molecular weight excluding hydrogens is 248 g/mol. The van der Waals surface area contributed by atoms with E-state index >= 15 is 0 Å². The van der Waals surface area contributed by atoms with Crippen LogP contribution in [-0.2, 0) is 12.8 Å². The largest absolute Gasteiger partial charge is 0.336 e. The lowest BCUT2D eigenvalue weighted by Crippen LogP contribution is -2.44. The number of hydrogen-bond donors (Lipinski definition) is 1. The highest BCUT2D eigenvalue weighted by molar-refractivity contribution is 5.94. The molecule has 3 rings (SSSR count). The second kappa shape index (κ2) is 5.96. The van der Waals surface area contributed by atoms with E-state index in [4.69, 9.17) is 5.73 Å². The minimum Gasteiger partial charge on any atom is -0.336 e. The number of piperidine rings is 1. The van der Waals surface area contributed by atoms with Gasteiger partial charge in [-0.1, -0.05) is 6.07 Å². The fourth-order valence-corrected chi connectivity index (χ4v) is 3.63. The predicted molar refractivity (Wildman–Crippen MR) is 80.8 cm³/mol. The van der Waals surface area contributed by atoms with Crippen molar-refractivity contribution in [1.29, 1.82) is 0 Å². The molecule has 20 heavy (non-hydrogen) atoms. The lowest BCUT2D eigenvalue weighted by Gasteiger charge is -2.36. The van der Waals surface area contributed by atoms with Gasteiger partial charge in [0.05, 0.1) is 0 Å². The molecule has 1 heterocycles. The van der Waals surface area contributed by atoms with Crippen molar-refractivity contribution in [3.8, 4) is 0 Å². The molecule has 0 radical (unpaired) electrons. The summed E-state index contributed by atoms with van der Waals surface area (Å²) in [5.74, 6) is 0.206. The normalized spacial score (nSPS) is 21.9. The number of benzene rings is 1. The van der Waals surface area contributed by atoms with Crippen molar-refractivity contribution in [1.82, 2.24) is 4.90 Å². The molecule has 1 amide bonds. The topological polar surface area (TPSA) is 46.3 Å². The Kier molecular flexibility index (Phi) is 4.06. The third kappa shape index (κ3) is 2.59. The molecule has 2 aliphatic rings. The number of nitrogens with zero attached hydrogens (tertiary/aromatic N) is 1. The number of aryl methyl sites for hydroxylation is 2. The first-order chi connectivity index (χ1) is 9.79. The quantitative estimate of drug-likeness (QED) is 0.919. The average Bonchev–Trinajstić information content (AvgIpc) is 2.95. The van der Waals surface area contributed by atoms with Crippen LogP contribution in [0.3, 0.4) is 0 Å². The Bertz CT molecular complexity index is 496. The standard InChI is InChI=1S/C17H24N2O/c18-10-9-16-6-1-2-11-19(16)17(20)15-8-7-13-4-3-5-14(13)12-15/h7-8,12,16H,1-6,9-11,18H2. The maximum atomic E-state index is 12.8. The highest BCUT2D eigenvalue weighted by Gasteiger charge is 2.27. The molecule has 0 saturated carbocycles. The van der Waals surface area contributed by atoms with Crippen molar-refractivity contribution in [2.75, 3.05) is 13.1 Å². The van der Waals surface area contributed by atoms with Gasteiger partial charge in [0.2, 0.25) is 0 Å². The molecule has 0 bridgehead atoms. The van der Waals surface area contributed by atoms with Gasteiger partial charge in [0.15, 0.2) is 0 Å². The monoisotopic (exact) mass is 272 g/mol. The molecule has 0 spiro atoms. The fraction of sp³-hybridized carbons (Fsp3) is 0.588. The maximum Gasteiger partial charge on any atom is 0.254 e. The van der Waals surface area contributed by atoms with Gasteiger partial charge < -0.3 is 10.6 Å². The molecule has 1 aliphatic heterocycles. The van der Waals surface area contributed by atoms with Gasteiger partial charge in [-0.05, 0) is 74.8 Å². The van der Waals surface area contributed by atoms with E-state index in [0.717, 1.165) is 37.8 Å². The first-order valence-corrected chi connectivity index (χ1v) is 7.92. The van der Waals surface area contributed by atoms with Crippen LogP contribution < -0.4 is 5.73 Å². The summed E-state index contributed by atoms with van der Waals surface area (Å²) in [4.78, 5) is 14.8. The first kappa shape index (κ1) is 13.6. The van der Waals surface area contributed by atoms with E-state index in [1.165, 1.54) is 30.4 Å². The molecule has 0 aromatic heterocycles. The van der Waals surface area contributed by atoms with Crippen molar-refractivity contribution in [2.45, 2.75) is 51.0 Å². The molecule has 1 aromatic rings. The van der Waals surface area contributed by atoms with Crippen LogP contribution in [0.2, 0.25) is 0 Å². The Morgan fingerprint density at radius 3 is 2.90 bits per heavy atom. The van der Waals surface area contributed by atoms with Gasteiger partial charge in [-0.3, -0.25) is 4.79 Å². The Morgan fingerprint density at radius 1 is 1.20 bits per heavy atom. The fourth-order valence-electron chi connectivity index (χ4n) is 3.63. The van der Waals surface area contributed by atoms with Crippen LogP contribution in [0.25, 0.3) is 0 Å². The van der Waals surface area contributed by atoms with E-state index in [1.807, 2.05) is 6.07 Å². The molecule has 2 N–H and O–H groups in total. The maximum absolute atomic E-state index is 12.8. The van der Waals surface area contributed by atoms with Gasteiger partial charge in [-0.25, -0.2) is 0 Å². The zero-order valence-corrected chi connectivity index (χ0v) is 12.1. The van der Waals surface area contributed by atoms with Crippen LogP contribution in [0.15, 0.2) is 18.2 Å². The van der Waals surface area contributed by atoms with Gasteiger partial charge in [0.1, 0.15) is 0 Å². The van der Waals surface area contributed by atoms with Crippen LogP contribution in [0.1, 0.15) is 53.6 Å². The third-order valence-electron chi connectivity index (χ3n) is 4.73. The second-order valence-corrected chi connectivity index (χ2v) is 6.06. The summed E-state index contributed by atoms with van der Waals surface area (Å²) in [7, 11) is 0. The van der Waals surface area contributed by atoms with Crippen molar-refractivity contribution in [2.24, 2.45) is 5.73 Å². The van der Waals surface area contributed by atoms with Gasteiger partial charge in [0, 0.05) is 18.2 Å². The SMILES string of the molecule is NCCC1CCCCN1C(=O)c1ccc2c(c1)CCC2. The zero-order chi connectivity index (χ0) is 13.9. The van der Waals surface area contributed by atoms with Gasteiger partial charge in [-0.15, -0.1) is 0 Å². The summed E-state index contributed by atoms with van der Waals surface area (Å²) in [6, 6.07) is 6.63. The Hall–Kier alpha value is -1.35. The van der Waals surface area contributed by atoms with Crippen LogP contribution in [0.5, 0.6) is 0 Å². The van der Waals surface area contributed by atoms with Crippen molar-refractivity contribution in [3.63, 3.8) is 0 Å². The highest BCUT2D eigenvalue weighted by Crippen LogP contribution is 2.26. The predicted octanol–water partition coefficient (Wildman–Crippen LogP) is 2.52. The minimum absolute atomic E-state index is 0.206. The van der Waals surface area contributed by atoms with E-state index in [2.05, 4.69) is 17.0 Å². The van der Waals surface area contributed by atoms with E-state index in [9.17, 15) is 4.79 Å². The molecular formula is C17H24N2O. The van der Waals surface area contributed by atoms with Gasteiger partial charge in [-0.2, -0.15) is 0 Å². The van der Waals surface area contributed by atoms with Crippen molar-refractivity contribution in [3.05, 3.63) is 34.9 Å². The average molecular weight is 272 g/mol. The second-order valence-electron chi connectivity index (χ2n) is 6.06.